The minimum atomic E-state index is -0.910. The van der Waals surface area contributed by atoms with Gasteiger partial charge in [-0.3, -0.25) is 0 Å². The van der Waals surface area contributed by atoms with Gasteiger partial charge in [-0.05, 0) is 6.92 Å². The van der Waals surface area contributed by atoms with Crippen LogP contribution in [0.15, 0.2) is 0 Å². The van der Waals surface area contributed by atoms with Crippen molar-refractivity contribution < 1.29 is 18.8 Å². The van der Waals surface area contributed by atoms with Crippen LogP contribution in [0, 0.1) is 0 Å². The molecule has 0 aliphatic carbocycles. The molecule has 52 valence electrons. The first-order valence-corrected chi connectivity index (χ1v) is 3.29. The van der Waals surface area contributed by atoms with E-state index in [1.165, 1.54) is 0 Å². The molecule has 0 unspecified atom stereocenters. The van der Waals surface area contributed by atoms with Gasteiger partial charge in [0.2, 0.25) is 10.5 Å². The van der Waals surface area contributed by atoms with E-state index in [1.54, 1.807) is 6.92 Å². The fourth-order valence-corrected chi connectivity index (χ4v) is 0.440. The molecule has 0 amide bonds. The third-order valence-electron chi connectivity index (χ3n) is 0.627. The number of esters is 1. The minimum Gasteiger partial charge on any atom is -0.521 e. The van der Waals surface area contributed by atoms with E-state index in [4.69, 9.17) is 0 Å². The van der Waals surface area contributed by atoms with Crippen molar-refractivity contribution in [2.75, 3.05) is 6.61 Å². The van der Waals surface area contributed by atoms with E-state index >= 15 is 0 Å². The van der Waals surface area contributed by atoms with Gasteiger partial charge in [-0.1, -0.05) is 0 Å². The first-order chi connectivity index (χ1) is 4.22. The highest BCUT2D eigenvalue weighted by molar-refractivity contribution is 6.33. The fourth-order valence-electron chi connectivity index (χ4n) is 0.273. The normalized spacial score (nSPS) is 8.56. The lowest BCUT2D eigenvalue weighted by atomic mass is 10.7. The lowest BCUT2D eigenvalue weighted by Crippen LogP contribution is -2.18. The smallest absolute Gasteiger partial charge is 0.416 e. The third kappa shape index (κ3) is 2.86. The van der Waals surface area contributed by atoms with Gasteiger partial charge in [0, 0.05) is 0 Å². The summed E-state index contributed by atoms with van der Waals surface area (Å²) in [7, 11) is 0.227. The van der Waals surface area contributed by atoms with Gasteiger partial charge in [-0.25, -0.2) is 9.59 Å². The van der Waals surface area contributed by atoms with Gasteiger partial charge in [0.15, 0.2) is 0 Å². The van der Waals surface area contributed by atoms with E-state index in [0.29, 0.717) is 0 Å². The number of hydrogen-bond donors (Lipinski definition) is 0. The van der Waals surface area contributed by atoms with E-state index in [2.05, 4.69) is 9.16 Å². The SMILES string of the molecule is CCOC(=O)C(=O)O[SiH3]. The number of rotatable bonds is 1. The first-order valence-electron chi connectivity index (χ1n) is 2.47. The summed E-state index contributed by atoms with van der Waals surface area (Å²) in [6.45, 7) is 1.83. The number of carbonyl (C=O) groups excluding carboxylic acids is 2. The highest BCUT2D eigenvalue weighted by Crippen LogP contribution is 1.79. The Morgan fingerprint density at radius 3 is 2.33 bits per heavy atom. The largest absolute Gasteiger partial charge is 0.521 e. The lowest BCUT2D eigenvalue weighted by molar-refractivity contribution is -0.161. The average molecular weight is 148 g/mol. The van der Waals surface area contributed by atoms with Crippen molar-refractivity contribution in [3.8, 4) is 0 Å². The molecule has 0 aliphatic rings. The van der Waals surface area contributed by atoms with Crippen molar-refractivity contribution in [2.24, 2.45) is 0 Å². The molecule has 0 atom stereocenters. The van der Waals surface area contributed by atoms with Crippen molar-refractivity contribution in [1.82, 2.24) is 0 Å². The van der Waals surface area contributed by atoms with Crippen LogP contribution < -0.4 is 0 Å². The molecule has 0 saturated heterocycles. The Kier molecular flexibility index (Phi) is 3.70. The summed E-state index contributed by atoms with van der Waals surface area (Å²) in [5.74, 6) is -1.81. The molecule has 0 aliphatic heterocycles. The van der Waals surface area contributed by atoms with E-state index < -0.39 is 11.9 Å². The summed E-state index contributed by atoms with van der Waals surface area (Å²) in [5.41, 5.74) is 0. The molecular weight excluding hydrogens is 140 g/mol. The molecule has 0 rings (SSSR count). The maximum atomic E-state index is 10.3. The molecule has 0 saturated carbocycles. The number of hydrogen-bond acceptors (Lipinski definition) is 4. The quantitative estimate of drug-likeness (QED) is 0.254. The maximum absolute atomic E-state index is 10.3. The molecule has 0 aromatic heterocycles. The van der Waals surface area contributed by atoms with Crippen LogP contribution >= 0.6 is 0 Å². The highest BCUT2D eigenvalue weighted by Gasteiger charge is 2.12. The Labute approximate surface area is 55.7 Å². The van der Waals surface area contributed by atoms with Gasteiger partial charge < -0.3 is 9.16 Å². The van der Waals surface area contributed by atoms with Crippen LogP contribution in [0.2, 0.25) is 0 Å². The molecule has 5 heteroatoms. The first kappa shape index (κ1) is 8.16. The van der Waals surface area contributed by atoms with Crippen LogP contribution in [-0.4, -0.2) is 29.0 Å². The molecule has 0 aromatic carbocycles. The summed E-state index contributed by atoms with van der Waals surface area (Å²) in [5, 5.41) is 0. The molecule has 0 spiro atoms. The Morgan fingerprint density at radius 1 is 1.44 bits per heavy atom. The Bertz CT molecular complexity index is 122. The number of carbonyl (C=O) groups is 2. The van der Waals surface area contributed by atoms with Gasteiger partial charge in [-0.15, -0.1) is 0 Å². The predicted molar refractivity (Wildman–Crippen MR) is 32.7 cm³/mol. The van der Waals surface area contributed by atoms with Gasteiger partial charge in [0.1, 0.15) is 0 Å². The standard InChI is InChI=1S/C4H8O4Si/c1-2-7-3(5)4(6)8-9/h2H2,1,9H3. The molecule has 0 N–H and O–H groups in total. The minimum absolute atomic E-state index is 0.204. The second-order valence-corrected chi connectivity index (χ2v) is 1.62. The van der Waals surface area contributed by atoms with Crippen molar-refractivity contribution >= 4 is 22.4 Å². The zero-order chi connectivity index (χ0) is 7.28. The zero-order valence-electron chi connectivity index (χ0n) is 5.34. The molecule has 9 heavy (non-hydrogen) atoms. The summed E-state index contributed by atoms with van der Waals surface area (Å²) in [6, 6.07) is 0. The van der Waals surface area contributed by atoms with Crippen LogP contribution in [0.5, 0.6) is 0 Å². The Morgan fingerprint density at radius 2 is 2.00 bits per heavy atom. The van der Waals surface area contributed by atoms with Crippen LogP contribution in [0.4, 0.5) is 0 Å². The summed E-state index contributed by atoms with van der Waals surface area (Å²) < 4.78 is 8.49. The predicted octanol–water partition coefficient (Wildman–Crippen LogP) is -1.63. The van der Waals surface area contributed by atoms with Crippen molar-refractivity contribution in [3.63, 3.8) is 0 Å². The van der Waals surface area contributed by atoms with Gasteiger partial charge >= 0.3 is 11.9 Å². The monoisotopic (exact) mass is 148 g/mol. The van der Waals surface area contributed by atoms with E-state index in [-0.39, 0.29) is 17.1 Å². The average Bonchev–Trinajstić information content (AvgIpc) is 1.87. The molecule has 0 bridgehead atoms. The van der Waals surface area contributed by atoms with Crippen LogP contribution in [0.1, 0.15) is 6.92 Å². The van der Waals surface area contributed by atoms with Crippen LogP contribution in [0.3, 0.4) is 0 Å². The molecule has 4 nitrogen and oxygen atoms in total. The summed E-state index contributed by atoms with van der Waals surface area (Å²) in [6.07, 6.45) is 0. The van der Waals surface area contributed by atoms with Crippen molar-refractivity contribution in [2.45, 2.75) is 6.92 Å². The van der Waals surface area contributed by atoms with Gasteiger partial charge in [-0.2, -0.15) is 0 Å². The van der Waals surface area contributed by atoms with Gasteiger partial charge in [0.05, 0.1) is 6.61 Å². The Hall–Kier alpha value is -0.843. The summed E-state index contributed by atoms with van der Waals surface area (Å²) in [4.78, 5) is 20.5. The van der Waals surface area contributed by atoms with Crippen molar-refractivity contribution in [1.29, 1.82) is 0 Å². The topological polar surface area (TPSA) is 52.6 Å². The fraction of sp³-hybridized carbons (Fsp3) is 0.500. The second kappa shape index (κ2) is 4.08. The van der Waals surface area contributed by atoms with E-state index in [1.807, 2.05) is 0 Å². The lowest BCUT2D eigenvalue weighted by Gasteiger charge is -1.97. The summed E-state index contributed by atoms with van der Waals surface area (Å²) >= 11 is 0. The zero-order valence-corrected chi connectivity index (χ0v) is 7.34. The highest BCUT2D eigenvalue weighted by atomic mass is 28.2. The van der Waals surface area contributed by atoms with Gasteiger partial charge in [0.25, 0.3) is 0 Å². The molecule has 0 fully saturated rings. The molecular formula is C4H8O4Si. The third-order valence-corrected chi connectivity index (χ3v) is 0.998. The van der Waals surface area contributed by atoms with Crippen LogP contribution in [0.25, 0.3) is 0 Å². The van der Waals surface area contributed by atoms with Crippen molar-refractivity contribution in [3.05, 3.63) is 0 Å². The molecule has 0 radical (unpaired) electrons. The molecule has 0 heterocycles. The van der Waals surface area contributed by atoms with E-state index in [0.717, 1.165) is 0 Å². The Balaban J connectivity index is 3.60. The van der Waals surface area contributed by atoms with Crippen LogP contribution in [-0.2, 0) is 18.8 Å². The second-order valence-electron chi connectivity index (χ2n) is 1.21. The van der Waals surface area contributed by atoms with E-state index in [9.17, 15) is 9.59 Å². The maximum Gasteiger partial charge on any atom is 0.416 e. The molecule has 0 aromatic rings. The number of ether oxygens (including phenoxy) is 1.